The van der Waals surface area contributed by atoms with Crippen molar-refractivity contribution < 1.29 is 13.9 Å². The van der Waals surface area contributed by atoms with Gasteiger partial charge in [-0.1, -0.05) is 72.6 Å². The largest absolute Gasteiger partial charge is 0.493 e. The molecule has 0 fully saturated rings. The van der Waals surface area contributed by atoms with Crippen molar-refractivity contribution in [3.63, 3.8) is 0 Å². The number of halogens is 3. The van der Waals surface area contributed by atoms with Gasteiger partial charge in [0.2, 0.25) is 0 Å². The first-order chi connectivity index (χ1) is 14.1. The molecule has 0 atom stereocenters. The molecular weight excluding hydrogens is 457 g/mol. The third-order valence-electron chi connectivity index (χ3n) is 4.78. The van der Waals surface area contributed by atoms with Gasteiger partial charge in [0, 0.05) is 22.1 Å². The van der Waals surface area contributed by atoms with Crippen molar-refractivity contribution >= 4 is 27.5 Å². The van der Waals surface area contributed by atoms with Crippen LogP contribution in [0.25, 0.3) is 0 Å². The summed E-state index contributed by atoms with van der Waals surface area (Å²) in [4.78, 5) is 0. The van der Waals surface area contributed by atoms with Gasteiger partial charge in [-0.25, -0.2) is 4.39 Å². The van der Waals surface area contributed by atoms with E-state index in [9.17, 15) is 4.39 Å². The Kier molecular flexibility index (Phi) is 10.8. The average molecular weight is 487 g/mol. The smallest absolute Gasteiger partial charge is 0.167 e. The van der Waals surface area contributed by atoms with Crippen molar-refractivity contribution in [1.82, 2.24) is 5.32 Å². The van der Waals surface area contributed by atoms with Crippen molar-refractivity contribution in [3.05, 3.63) is 56.8 Å². The predicted molar refractivity (Wildman–Crippen MR) is 122 cm³/mol. The number of unbranched alkanes of at least 4 members (excludes halogenated alkanes) is 5. The summed E-state index contributed by atoms with van der Waals surface area (Å²) < 4.78 is 25.8. The van der Waals surface area contributed by atoms with E-state index in [1.807, 2.05) is 12.1 Å². The fourth-order valence-corrected chi connectivity index (χ4v) is 3.77. The van der Waals surface area contributed by atoms with E-state index >= 15 is 0 Å². The zero-order chi connectivity index (χ0) is 21.1. The molecule has 2 aromatic carbocycles. The highest BCUT2D eigenvalue weighted by Gasteiger charge is 2.15. The number of ether oxygens (including phenoxy) is 2. The minimum atomic E-state index is -0.363. The van der Waals surface area contributed by atoms with Crippen molar-refractivity contribution in [2.75, 3.05) is 13.7 Å². The van der Waals surface area contributed by atoms with Crippen molar-refractivity contribution in [2.45, 2.75) is 58.6 Å². The van der Waals surface area contributed by atoms with Crippen LogP contribution in [-0.2, 0) is 13.2 Å². The highest BCUT2D eigenvalue weighted by atomic mass is 79.9. The minimum Gasteiger partial charge on any atom is -0.493 e. The Balaban J connectivity index is 1.98. The van der Waals surface area contributed by atoms with E-state index < -0.39 is 0 Å². The molecule has 160 valence electrons. The molecule has 0 unspecified atom stereocenters. The topological polar surface area (TPSA) is 30.5 Å². The molecule has 0 radical (unpaired) electrons. The molecule has 0 saturated carbocycles. The third-order valence-corrected chi connectivity index (χ3v) is 5.88. The van der Waals surface area contributed by atoms with Crippen LogP contribution in [0.2, 0.25) is 5.02 Å². The van der Waals surface area contributed by atoms with E-state index in [0.717, 1.165) is 28.6 Å². The molecule has 6 heteroatoms. The molecule has 2 aromatic rings. The fraction of sp³-hybridized carbons (Fsp3) is 0.478. The van der Waals surface area contributed by atoms with Gasteiger partial charge < -0.3 is 14.8 Å². The quantitative estimate of drug-likeness (QED) is 0.302. The molecule has 0 saturated heterocycles. The summed E-state index contributed by atoms with van der Waals surface area (Å²) >= 11 is 9.75. The SMILES string of the molecule is CCCCCCCCNCc1c(Br)ccc(OC)c1OCc1ccc(F)cc1Cl. The first kappa shape index (κ1) is 24.0. The molecule has 0 aliphatic carbocycles. The van der Waals surface area contributed by atoms with E-state index in [4.69, 9.17) is 21.1 Å². The van der Waals surface area contributed by atoms with Gasteiger partial charge in [0.1, 0.15) is 12.4 Å². The maximum Gasteiger partial charge on any atom is 0.167 e. The van der Waals surface area contributed by atoms with Crippen LogP contribution in [0.3, 0.4) is 0 Å². The van der Waals surface area contributed by atoms with E-state index in [1.165, 1.54) is 44.2 Å². The van der Waals surface area contributed by atoms with Gasteiger partial charge >= 0.3 is 0 Å². The zero-order valence-corrected chi connectivity index (χ0v) is 19.5. The van der Waals surface area contributed by atoms with Crippen LogP contribution in [-0.4, -0.2) is 13.7 Å². The number of hydrogen-bond donors (Lipinski definition) is 1. The maximum absolute atomic E-state index is 13.3. The monoisotopic (exact) mass is 485 g/mol. The molecule has 0 spiro atoms. The van der Waals surface area contributed by atoms with Gasteiger partial charge in [-0.2, -0.15) is 0 Å². The highest BCUT2D eigenvalue weighted by molar-refractivity contribution is 9.10. The summed E-state index contributed by atoms with van der Waals surface area (Å²) in [5, 5.41) is 3.85. The molecule has 1 N–H and O–H groups in total. The molecule has 0 amide bonds. The second-order valence-electron chi connectivity index (χ2n) is 7.03. The summed E-state index contributed by atoms with van der Waals surface area (Å²) in [6.07, 6.45) is 7.62. The van der Waals surface area contributed by atoms with Crippen LogP contribution < -0.4 is 14.8 Å². The molecule has 3 nitrogen and oxygen atoms in total. The van der Waals surface area contributed by atoms with Crippen molar-refractivity contribution in [1.29, 1.82) is 0 Å². The lowest BCUT2D eigenvalue weighted by atomic mass is 10.1. The van der Waals surface area contributed by atoms with E-state index in [0.29, 0.717) is 23.1 Å². The molecule has 0 aliphatic rings. The Morgan fingerprint density at radius 3 is 2.55 bits per heavy atom. The standard InChI is InChI=1S/C23H30BrClFNO2/c1-3-4-5-6-7-8-13-27-15-19-20(24)11-12-22(28-2)23(19)29-16-17-9-10-18(26)14-21(17)25/h9-12,14,27H,3-8,13,15-16H2,1-2H3. The summed E-state index contributed by atoms with van der Waals surface area (Å²) in [6, 6.07) is 8.13. The molecule has 29 heavy (non-hydrogen) atoms. The normalized spacial score (nSPS) is 10.9. The molecule has 0 aliphatic heterocycles. The fourth-order valence-electron chi connectivity index (χ4n) is 3.10. The van der Waals surface area contributed by atoms with Gasteiger partial charge in [0.05, 0.1) is 12.1 Å². The van der Waals surface area contributed by atoms with E-state index in [1.54, 1.807) is 13.2 Å². The lowest BCUT2D eigenvalue weighted by Gasteiger charge is -2.17. The number of hydrogen-bond acceptors (Lipinski definition) is 3. The second kappa shape index (κ2) is 13.1. The van der Waals surface area contributed by atoms with Crippen LogP contribution in [0.1, 0.15) is 56.6 Å². The van der Waals surface area contributed by atoms with Gasteiger partial charge in [0.15, 0.2) is 11.5 Å². The van der Waals surface area contributed by atoms with Crippen LogP contribution in [0.5, 0.6) is 11.5 Å². The van der Waals surface area contributed by atoms with Gasteiger partial charge in [0.25, 0.3) is 0 Å². The number of benzene rings is 2. The van der Waals surface area contributed by atoms with Gasteiger partial charge in [-0.15, -0.1) is 0 Å². The van der Waals surface area contributed by atoms with Crippen LogP contribution >= 0.6 is 27.5 Å². The molecule has 0 bridgehead atoms. The minimum absolute atomic E-state index is 0.232. The second-order valence-corrected chi connectivity index (χ2v) is 8.29. The Hall–Kier alpha value is -1.30. The molecule has 0 aromatic heterocycles. The number of nitrogens with one attached hydrogen (secondary N) is 1. The number of methoxy groups -OCH3 is 1. The Morgan fingerprint density at radius 2 is 1.83 bits per heavy atom. The van der Waals surface area contributed by atoms with Gasteiger partial charge in [-0.05, 0) is 37.2 Å². The maximum atomic E-state index is 13.3. The molecular formula is C23H30BrClFNO2. The Morgan fingerprint density at radius 1 is 1.07 bits per heavy atom. The zero-order valence-electron chi connectivity index (χ0n) is 17.2. The molecule has 0 heterocycles. The first-order valence-electron chi connectivity index (χ1n) is 10.2. The Bertz CT molecular complexity index is 773. The van der Waals surface area contributed by atoms with E-state index in [2.05, 4.69) is 28.2 Å². The van der Waals surface area contributed by atoms with Crippen LogP contribution in [0, 0.1) is 5.82 Å². The van der Waals surface area contributed by atoms with Crippen LogP contribution in [0.4, 0.5) is 4.39 Å². The summed E-state index contributed by atoms with van der Waals surface area (Å²) in [5.74, 6) is 0.957. The molecule has 2 rings (SSSR count). The summed E-state index contributed by atoms with van der Waals surface area (Å²) in [7, 11) is 1.62. The summed E-state index contributed by atoms with van der Waals surface area (Å²) in [5.41, 5.74) is 1.72. The third kappa shape index (κ3) is 7.80. The van der Waals surface area contributed by atoms with Crippen molar-refractivity contribution in [2.24, 2.45) is 0 Å². The van der Waals surface area contributed by atoms with Gasteiger partial charge in [-0.3, -0.25) is 0 Å². The average Bonchev–Trinajstić information content (AvgIpc) is 2.70. The van der Waals surface area contributed by atoms with E-state index in [-0.39, 0.29) is 12.4 Å². The van der Waals surface area contributed by atoms with Crippen LogP contribution in [0.15, 0.2) is 34.8 Å². The summed E-state index contributed by atoms with van der Waals surface area (Å²) in [6.45, 7) is 4.09. The number of rotatable bonds is 13. The first-order valence-corrected chi connectivity index (χ1v) is 11.4. The predicted octanol–water partition coefficient (Wildman–Crippen LogP) is 7.28. The Labute approximate surface area is 187 Å². The lowest BCUT2D eigenvalue weighted by Crippen LogP contribution is -2.16. The highest BCUT2D eigenvalue weighted by Crippen LogP contribution is 2.37. The van der Waals surface area contributed by atoms with Crippen molar-refractivity contribution in [3.8, 4) is 11.5 Å². The lowest BCUT2D eigenvalue weighted by molar-refractivity contribution is 0.280.